The molecule has 1 aliphatic rings. The van der Waals surface area contributed by atoms with Gasteiger partial charge in [0.2, 0.25) is 0 Å². The van der Waals surface area contributed by atoms with Crippen molar-refractivity contribution in [1.82, 2.24) is 0 Å². The average molecular weight is 242 g/mol. The molecule has 0 heterocycles. The maximum atomic E-state index is 11.6. The maximum Gasteiger partial charge on any atom is 0.134 e. The molecular weight excluding hydrogens is 228 g/mol. The lowest BCUT2D eigenvalue weighted by atomic mass is 10.0. The highest BCUT2D eigenvalue weighted by Gasteiger charge is 2.12. The Balaban J connectivity index is 2.46. The van der Waals surface area contributed by atoms with Crippen LogP contribution in [-0.4, -0.2) is 15.7 Å². The molecule has 2 rings (SSSR count). The number of rotatable bonds is 1. The smallest absolute Gasteiger partial charge is 0.134 e. The van der Waals surface area contributed by atoms with Gasteiger partial charge in [-0.1, -0.05) is 0 Å². The van der Waals surface area contributed by atoms with Gasteiger partial charge in [-0.05, 0) is 49.1 Å². The van der Waals surface area contributed by atoms with E-state index >= 15 is 0 Å². The second kappa shape index (κ2) is 5.24. The van der Waals surface area contributed by atoms with Crippen LogP contribution in [0.4, 0.5) is 0 Å². The first kappa shape index (κ1) is 12.0. The monoisotopic (exact) mass is 242 g/mol. The molecule has 0 radical (unpaired) electrons. The van der Waals surface area contributed by atoms with Crippen LogP contribution in [-0.2, 0) is 0 Å². The zero-order valence-electron chi connectivity index (χ0n) is 9.94. The summed E-state index contributed by atoms with van der Waals surface area (Å²) in [5.41, 5.74) is 3.07. The van der Waals surface area contributed by atoms with Crippen LogP contribution in [0.25, 0.3) is 0 Å². The van der Waals surface area contributed by atoms with Crippen molar-refractivity contribution < 1.29 is 4.55 Å². The lowest BCUT2D eigenvalue weighted by molar-refractivity contribution is 0.620. The van der Waals surface area contributed by atoms with E-state index in [0.717, 1.165) is 21.6 Å². The number of hydrogen-bond donors (Lipinski definition) is 0. The predicted octanol–water partition coefficient (Wildman–Crippen LogP) is 3.48. The fraction of sp³-hybridized carbons (Fsp3) is 0.133. The van der Waals surface area contributed by atoms with Crippen molar-refractivity contribution >= 4 is 15.6 Å². The molecule has 0 bridgehead atoms. The van der Waals surface area contributed by atoms with Gasteiger partial charge in [-0.15, -0.1) is 0 Å². The molecule has 0 N–H and O–H groups in total. The molecule has 1 aromatic carbocycles. The van der Waals surface area contributed by atoms with E-state index in [1.54, 1.807) is 6.26 Å². The average Bonchev–Trinajstić information content (AvgIpc) is 2.30. The highest BCUT2D eigenvalue weighted by molar-refractivity contribution is 8.10. The molecule has 0 aliphatic heterocycles. The summed E-state index contributed by atoms with van der Waals surface area (Å²) in [5, 5.41) is 0. The molecule has 86 valence electrons. The van der Waals surface area contributed by atoms with Crippen LogP contribution in [0.5, 0.6) is 0 Å². The second-order valence-corrected chi connectivity index (χ2v) is 5.29. The maximum absolute atomic E-state index is 11.6. The van der Waals surface area contributed by atoms with Crippen LogP contribution in [0, 0.1) is 6.08 Å². The van der Waals surface area contributed by atoms with Crippen molar-refractivity contribution in [2.24, 2.45) is 0 Å². The van der Waals surface area contributed by atoms with Gasteiger partial charge in [0.1, 0.15) is 11.1 Å². The third-order valence-corrected chi connectivity index (χ3v) is 3.47. The van der Waals surface area contributed by atoms with Crippen LogP contribution < -0.4 is 0 Å². The fourth-order valence-electron chi connectivity index (χ4n) is 1.67. The number of hydrogen-bond acceptors (Lipinski definition) is 1. The fourth-order valence-corrected chi connectivity index (χ4v) is 2.35. The molecule has 2 heteroatoms. The van der Waals surface area contributed by atoms with E-state index in [2.05, 4.69) is 6.08 Å². The number of allylic oxidation sites excluding steroid dienone is 5. The van der Waals surface area contributed by atoms with Crippen LogP contribution in [0.1, 0.15) is 12.5 Å². The molecule has 0 saturated heterocycles. The standard InChI is InChI=1S/C15H14OS/c1-12-8-9-15(17(2)16)14(10-12)11-13-6-4-3-5-7-13/h3-10H,1-2H3. The van der Waals surface area contributed by atoms with Crippen LogP contribution in [0.2, 0.25) is 0 Å². The summed E-state index contributed by atoms with van der Waals surface area (Å²) in [4.78, 5) is 0.833. The minimum Gasteiger partial charge on any atom is -0.796 e. The zero-order valence-corrected chi connectivity index (χ0v) is 10.8. The van der Waals surface area contributed by atoms with Crippen LogP contribution in [0.15, 0.2) is 59.7 Å². The summed E-state index contributed by atoms with van der Waals surface area (Å²) in [6, 6.07) is 9.90. The quantitative estimate of drug-likeness (QED) is 0.420. The van der Waals surface area contributed by atoms with E-state index in [4.69, 9.17) is 0 Å². The Morgan fingerprint density at radius 1 is 1.12 bits per heavy atom. The van der Waals surface area contributed by atoms with Crippen molar-refractivity contribution in [3.05, 3.63) is 71.3 Å². The van der Waals surface area contributed by atoms with Crippen molar-refractivity contribution in [1.29, 1.82) is 0 Å². The third-order valence-electron chi connectivity index (χ3n) is 2.50. The lowest BCUT2D eigenvalue weighted by Crippen LogP contribution is -2.03. The topological polar surface area (TPSA) is 23.1 Å². The Kier molecular flexibility index (Phi) is 3.70. The van der Waals surface area contributed by atoms with Gasteiger partial charge in [0, 0.05) is 24.3 Å². The lowest BCUT2D eigenvalue weighted by Gasteiger charge is -2.13. The Morgan fingerprint density at radius 3 is 2.47 bits per heavy atom. The molecule has 1 aromatic rings. The van der Waals surface area contributed by atoms with Gasteiger partial charge in [0.15, 0.2) is 0 Å². The molecule has 0 spiro atoms. The van der Waals surface area contributed by atoms with Crippen LogP contribution >= 0.6 is 10.8 Å². The minimum atomic E-state index is -0.985. The molecule has 0 fully saturated rings. The summed E-state index contributed by atoms with van der Waals surface area (Å²) in [6.07, 6.45) is 10.9. The van der Waals surface area contributed by atoms with E-state index in [0.29, 0.717) is 0 Å². The molecule has 1 atom stereocenters. The highest BCUT2D eigenvalue weighted by Crippen LogP contribution is 2.21. The van der Waals surface area contributed by atoms with Gasteiger partial charge in [-0.25, -0.2) is 10.8 Å². The first-order valence-corrected chi connectivity index (χ1v) is 6.99. The van der Waals surface area contributed by atoms with Gasteiger partial charge in [-0.2, -0.15) is 0 Å². The van der Waals surface area contributed by atoms with Crippen molar-refractivity contribution in [3.63, 3.8) is 0 Å². The zero-order chi connectivity index (χ0) is 12.3. The second-order valence-electron chi connectivity index (χ2n) is 3.94. The molecule has 1 aliphatic carbocycles. The molecular formula is C15H14OS. The van der Waals surface area contributed by atoms with Crippen molar-refractivity contribution in [3.8, 4) is 0 Å². The van der Waals surface area contributed by atoms with E-state index < -0.39 is 10.8 Å². The van der Waals surface area contributed by atoms with Gasteiger partial charge >= 0.3 is 0 Å². The Bertz CT molecular complexity index is 529. The number of benzene rings is 1. The Morgan fingerprint density at radius 2 is 1.82 bits per heavy atom. The minimum absolute atomic E-state index is 0.833. The largest absolute Gasteiger partial charge is 0.796 e. The molecule has 0 aromatic heterocycles. The SMILES string of the molecule is CC1=CC(=[C+]c2ccccc2)C(=S(C)[O-])C=C1. The van der Waals surface area contributed by atoms with E-state index in [1.165, 1.54) is 0 Å². The highest BCUT2D eigenvalue weighted by atomic mass is 32.2. The first-order valence-electron chi connectivity index (χ1n) is 5.43. The summed E-state index contributed by atoms with van der Waals surface area (Å²) >= 11 is 0. The van der Waals surface area contributed by atoms with E-state index in [-0.39, 0.29) is 0 Å². The van der Waals surface area contributed by atoms with Crippen molar-refractivity contribution in [2.75, 3.05) is 6.26 Å². The van der Waals surface area contributed by atoms with E-state index in [9.17, 15) is 4.55 Å². The molecule has 17 heavy (non-hydrogen) atoms. The van der Waals surface area contributed by atoms with Gasteiger partial charge < -0.3 is 4.55 Å². The molecule has 1 unspecified atom stereocenters. The van der Waals surface area contributed by atoms with Crippen molar-refractivity contribution in [2.45, 2.75) is 6.92 Å². The summed E-state index contributed by atoms with van der Waals surface area (Å²) in [5.74, 6) is 0. The first-order chi connectivity index (χ1) is 8.16. The van der Waals surface area contributed by atoms with Gasteiger partial charge in [0.25, 0.3) is 0 Å². The van der Waals surface area contributed by atoms with Gasteiger partial charge in [-0.3, -0.25) is 0 Å². The molecule has 0 saturated carbocycles. The van der Waals surface area contributed by atoms with Gasteiger partial charge in [0.05, 0.1) is 4.86 Å². The summed E-state index contributed by atoms with van der Waals surface area (Å²) in [7, 11) is -0.985. The Labute approximate surface area is 105 Å². The summed E-state index contributed by atoms with van der Waals surface area (Å²) in [6.45, 7) is 2.03. The molecule has 0 amide bonds. The molecule has 1 nitrogen and oxygen atoms in total. The Hall–Kier alpha value is -1.47. The van der Waals surface area contributed by atoms with Crippen LogP contribution in [0.3, 0.4) is 0 Å². The predicted molar refractivity (Wildman–Crippen MR) is 74.5 cm³/mol. The van der Waals surface area contributed by atoms with E-state index in [1.807, 2.05) is 55.5 Å². The third kappa shape index (κ3) is 3.01. The summed E-state index contributed by atoms with van der Waals surface area (Å²) < 4.78 is 11.6. The normalized spacial score (nSPS) is 21.0.